The normalized spacial score (nSPS) is 15.4. The van der Waals surface area contributed by atoms with Crippen molar-refractivity contribution in [3.8, 4) is 5.75 Å². The minimum atomic E-state index is -0.376. The third-order valence-corrected chi connectivity index (χ3v) is 5.71. The highest BCUT2D eigenvalue weighted by atomic mass is 19.1. The Morgan fingerprint density at radius 3 is 2.73 bits per heavy atom. The number of aryl methyl sites for hydroxylation is 1. The quantitative estimate of drug-likeness (QED) is 0.614. The molecule has 2 amide bonds. The second-order valence-electron chi connectivity index (χ2n) is 7.96. The molecular formula is C25H25FN4O3. The van der Waals surface area contributed by atoms with Crippen LogP contribution in [0.4, 0.5) is 10.1 Å². The fraction of sp³-hybridized carbons (Fsp3) is 0.280. The van der Waals surface area contributed by atoms with Gasteiger partial charge in [0.05, 0.1) is 30.8 Å². The zero-order valence-corrected chi connectivity index (χ0v) is 18.5. The van der Waals surface area contributed by atoms with Crippen molar-refractivity contribution in [3.63, 3.8) is 0 Å². The molecule has 0 saturated carbocycles. The maximum Gasteiger partial charge on any atom is 0.259 e. The number of amides is 2. The molecule has 33 heavy (non-hydrogen) atoms. The zero-order valence-electron chi connectivity index (χ0n) is 18.5. The topological polar surface area (TPSA) is 84.4 Å². The lowest BCUT2D eigenvalue weighted by atomic mass is 10.1. The summed E-state index contributed by atoms with van der Waals surface area (Å²) in [7, 11) is 1.60. The molecule has 1 fully saturated rings. The molecular weight excluding hydrogens is 423 g/mol. The van der Waals surface area contributed by atoms with Crippen molar-refractivity contribution in [2.75, 3.05) is 19.0 Å². The molecule has 1 aromatic heterocycles. The predicted molar refractivity (Wildman–Crippen MR) is 122 cm³/mol. The number of halogens is 1. The van der Waals surface area contributed by atoms with E-state index in [-0.39, 0.29) is 30.1 Å². The fourth-order valence-corrected chi connectivity index (χ4v) is 3.99. The maximum atomic E-state index is 13.1. The second-order valence-corrected chi connectivity index (χ2v) is 7.96. The molecule has 0 aliphatic carbocycles. The fourth-order valence-electron chi connectivity index (χ4n) is 3.99. The number of carbonyl (C=O) groups is 2. The number of hydrogen-bond donors (Lipinski definition) is 1. The van der Waals surface area contributed by atoms with Crippen LogP contribution in [0.3, 0.4) is 0 Å². The van der Waals surface area contributed by atoms with Crippen molar-refractivity contribution in [2.24, 2.45) is 0 Å². The minimum absolute atomic E-state index is 0.00476. The third kappa shape index (κ3) is 5.16. The van der Waals surface area contributed by atoms with Gasteiger partial charge >= 0.3 is 0 Å². The highest BCUT2D eigenvalue weighted by Crippen LogP contribution is 2.31. The summed E-state index contributed by atoms with van der Waals surface area (Å²) < 4.78 is 18.3. The van der Waals surface area contributed by atoms with Crippen LogP contribution >= 0.6 is 0 Å². The lowest BCUT2D eigenvalue weighted by Crippen LogP contribution is -2.33. The Balaban J connectivity index is 1.47. The third-order valence-electron chi connectivity index (χ3n) is 5.71. The number of ether oxygens (including phenoxy) is 1. The zero-order chi connectivity index (χ0) is 23.4. The molecule has 4 rings (SSSR count). The number of likely N-dealkylation sites (tertiary alicyclic amines) is 1. The van der Waals surface area contributed by atoms with E-state index in [1.807, 2.05) is 29.2 Å². The largest absolute Gasteiger partial charge is 0.497 e. The van der Waals surface area contributed by atoms with Crippen molar-refractivity contribution in [2.45, 2.75) is 32.2 Å². The molecule has 8 heteroatoms. The van der Waals surface area contributed by atoms with E-state index >= 15 is 0 Å². The van der Waals surface area contributed by atoms with Crippen molar-refractivity contribution >= 4 is 17.5 Å². The van der Waals surface area contributed by atoms with Gasteiger partial charge < -0.3 is 15.0 Å². The summed E-state index contributed by atoms with van der Waals surface area (Å²) in [5.41, 5.74) is 2.21. The van der Waals surface area contributed by atoms with Gasteiger partial charge in [-0.3, -0.25) is 9.59 Å². The molecule has 2 heterocycles. The number of benzene rings is 2. The molecule has 170 valence electrons. The molecule has 1 N–H and O–H groups in total. The van der Waals surface area contributed by atoms with E-state index < -0.39 is 0 Å². The smallest absolute Gasteiger partial charge is 0.259 e. The summed E-state index contributed by atoms with van der Waals surface area (Å²) >= 11 is 0. The summed E-state index contributed by atoms with van der Waals surface area (Å²) in [6.07, 6.45) is 3.39. The number of hydrogen-bond acceptors (Lipinski definition) is 5. The van der Waals surface area contributed by atoms with Gasteiger partial charge in [0.2, 0.25) is 5.91 Å². The van der Waals surface area contributed by atoms with Crippen LogP contribution in [0.2, 0.25) is 0 Å². The summed E-state index contributed by atoms with van der Waals surface area (Å²) in [5.74, 6) is 0.501. The molecule has 1 atom stereocenters. The lowest BCUT2D eigenvalue weighted by Gasteiger charge is -2.24. The van der Waals surface area contributed by atoms with Crippen LogP contribution in [0.1, 0.15) is 46.3 Å². The number of nitrogens with zero attached hydrogens (tertiary/aromatic N) is 3. The van der Waals surface area contributed by atoms with E-state index in [1.54, 1.807) is 14.0 Å². The van der Waals surface area contributed by atoms with Crippen molar-refractivity contribution < 1.29 is 18.7 Å². The molecule has 1 aliphatic rings. The van der Waals surface area contributed by atoms with Crippen LogP contribution < -0.4 is 10.1 Å². The Hall–Kier alpha value is -3.81. The van der Waals surface area contributed by atoms with E-state index in [1.165, 1.54) is 30.5 Å². The lowest BCUT2D eigenvalue weighted by molar-refractivity contribution is -0.131. The van der Waals surface area contributed by atoms with Gasteiger partial charge in [-0.05, 0) is 61.7 Å². The number of anilines is 1. The summed E-state index contributed by atoms with van der Waals surface area (Å²) in [5, 5.41) is 2.72. The van der Waals surface area contributed by atoms with Gasteiger partial charge in [0.15, 0.2) is 5.82 Å². The Labute approximate surface area is 191 Å². The predicted octanol–water partition coefficient (Wildman–Crippen LogP) is 4.09. The Kier molecular flexibility index (Phi) is 6.63. The molecule has 0 bridgehead atoms. The molecule has 0 radical (unpaired) electrons. The standard InChI is InChI=1S/C25H25FN4O3/c1-16-21(25(32)29-19-10-8-18(26)9-11-19)15-27-24(28-16)22-7-4-12-30(22)23(31)14-17-5-3-6-20(13-17)33-2/h3,5-6,8-11,13,15,22H,4,7,12,14H2,1-2H3,(H,29,32). The van der Waals surface area contributed by atoms with E-state index in [2.05, 4.69) is 15.3 Å². The number of aromatic nitrogens is 2. The van der Waals surface area contributed by atoms with Crippen molar-refractivity contribution in [1.29, 1.82) is 0 Å². The summed E-state index contributed by atoms with van der Waals surface area (Å²) in [4.78, 5) is 36.4. The second kappa shape index (κ2) is 9.77. The van der Waals surface area contributed by atoms with Gasteiger partial charge in [-0.25, -0.2) is 14.4 Å². The van der Waals surface area contributed by atoms with Crippen LogP contribution in [0, 0.1) is 12.7 Å². The molecule has 1 saturated heterocycles. The molecule has 3 aromatic rings. The van der Waals surface area contributed by atoms with Crippen LogP contribution in [-0.4, -0.2) is 40.3 Å². The van der Waals surface area contributed by atoms with Gasteiger partial charge in [0, 0.05) is 18.4 Å². The van der Waals surface area contributed by atoms with Crippen molar-refractivity contribution in [3.05, 3.63) is 83.2 Å². The number of methoxy groups -OCH3 is 1. The van der Waals surface area contributed by atoms with Gasteiger partial charge in [-0.2, -0.15) is 0 Å². The Morgan fingerprint density at radius 2 is 2.00 bits per heavy atom. The van der Waals surface area contributed by atoms with E-state index in [0.717, 1.165) is 18.4 Å². The highest BCUT2D eigenvalue weighted by molar-refractivity contribution is 6.04. The average Bonchev–Trinajstić information content (AvgIpc) is 3.31. The minimum Gasteiger partial charge on any atom is -0.497 e. The number of carbonyl (C=O) groups excluding carboxylic acids is 2. The Morgan fingerprint density at radius 1 is 1.21 bits per heavy atom. The maximum absolute atomic E-state index is 13.1. The molecule has 1 unspecified atom stereocenters. The average molecular weight is 448 g/mol. The monoisotopic (exact) mass is 448 g/mol. The molecule has 0 spiro atoms. The first-order chi connectivity index (χ1) is 15.9. The first-order valence-corrected chi connectivity index (χ1v) is 10.8. The SMILES string of the molecule is COc1cccc(CC(=O)N2CCCC2c2ncc(C(=O)Nc3ccc(F)cc3)c(C)n2)c1. The molecule has 7 nitrogen and oxygen atoms in total. The summed E-state index contributed by atoms with van der Waals surface area (Å²) in [6.45, 7) is 2.38. The van der Waals surface area contributed by atoms with E-state index in [9.17, 15) is 14.0 Å². The van der Waals surface area contributed by atoms with Crippen LogP contribution in [-0.2, 0) is 11.2 Å². The van der Waals surface area contributed by atoms with Gasteiger partial charge in [-0.1, -0.05) is 12.1 Å². The first-order valence-electron chi connectivity index (χ1n) is 10.8. The highest BCUT2D eigenvalue weighted by Gasteiger charge is 2.32. The number of nitrogens with one attached hydrogen (secondary N) is 1. The van der Waals surface area contributed by atoms with Crippen molar-refractivity contribution in [1.82, 2.24) is 14.9 Å². The van der Waals surface area contributed by atoms with E-state index in [0.29, 0.717) is 35.1 Å². The first kappa shape index (κ1) is 22.4. The molecule has 1 aliphatic heterocycles. The summed E-state index contributed by atoms with van der Waals surface area (Å²) in [6, 6.07) is 12.8. The Bertz CT molecular complexity index is 1170. The van der Waals surface area contributed by atoms with Gasteiger partial charge in [-0.15, -0.1) is 0 Å². The van der Waals surface area contributed by atoms with Gasteiger partial charge in [0.25, 0.3) is 5.91 Å². The van der Waals surface area contributed by atoms with Crippen LogP contribution in [0.25, 0.3) is 0 Å². The van der Waals surface area contributed by atoms with Gasteiger partial charge in [0.1, 0.15) is 11.6 Å². The van der Waals surface area contributed by atoms with Crippen LogP contribution in [0.5, 0.6) is 5.75 Å². The van der Waals surface area contributed by atoms with Crippen LogP contribution in [0.15, 0.2) is 54.7 Å². The van der Waals surface area contributed by atoms with E-state index in [4.69, 9.17) is 4.74 Å². The number of rotatable bonds is 6. The molecule has 2 aromatic carbocycles.